The number of aliphatic hydroxyl groups is 1. The van der Waals surface area contributed by atoms with E-state index >= 15 is 0 Å². The molecule has 3 nitrogen and oxygen atoms in total. The third-order valence-corrected chi connectivity index (χ3v) is 5.45. The fourth-order valence-electron chi connectivity index (χ4n) is 2.16. The van der Waals surface area contributed by atoms with Gasteiger partial charge in [-0.2, -0.15) is 0 Å². The molecule has 0 spiro atoms. The Morgan fingerprint density at radius 3 is 1.78 bits per heavy atom. The van der Waals surface area contributed by atoms with Gasteiger partial charge in [0.15, 0.2) is 9.84 Å². The van der Waals surface area contributed by atoms with Crippen LogP contribution >= 0.6 is 0 Å². The molecule has 0 bridgehead atoms. The summed E-state index contributed by atoms with van der Waals surface area (Å²) in [6, 6.07) is 2.06. The molecule has 0 aliphatic heterocycles. The molecule has 0 amide bonds. The van der Waals surface area contributed by atoms with Crippen LogP contribution in [0.4, 0.5) is 0 Å². The Morgan fingerprint density at radius 1 is 1.06 bits per heavy atom. The fourth-order valence-corrected chi connectivity index (χ4v) is 2.76. The van der Waals surface area contributed by atoms with Crippen molar-refractivity contribution < 1.29 is 13.5 Å². The van der Waals surface area contributed by atoms with Crippen molar-refractivity contribution in [1.82, 2.24) is 0 Å². The van der Waals surface area contributed by atoms with Crippen LogP contribution in [0.15, 0.2) is 6.07 Å². The van der Waals surface area contributed by atoms with Crippen molar-refractivity contribution in [2.45, 2.75) is 46.0 Å². The van der Waals surface area contributed by atoms with E-state index in [1.807, 2.05) is 27.7 Å². The van der Waals surface area contributed by atoms with Crippen molar-refractivity contribution in [2.75, 3.05) is 6.26 Å². The minimum Gasteiger partial charge on any atom is -0.387 e. The quantitative estimate of drug-likeness (QED) is 0.917. The fraction of sp³-hybridized carbons (Fsp3) is 0.571. The summed E-state index contributed by atoms with van der Waals surface area (Å²) < 4.78 is 23.2. The average Bonchev–Trinajstić information content (AvgIpc) is 2.24. The number of hydrogen-bond acceptors (Lipinski definition) is 3. The number of benzene rings is 1. The molecule has 4 heteroatoms. The molecule has 0 heterocycles. The van der Waals surface area contributed by atoms with Gasteiger partial charge in [0.1, 0.15) is 0 Å². The summed E-state index contributed by atoms with van der Waals surface area (Å²) in [7, 11) is -3.26. The number of rotatable bonds is 3. The second-order valence-corrected chi connectivity index (χ2v) is 7.56. The van der Waals surface area contributed by atoms with E-state index in [0.29, 0.717) is 0 Å². The van der Waals surface area contributed by atoms with Gasteiger partial charge < -0.3 is 5.11 Å². The molecule has 0 saturated carbocycles. The first-order valence-corrected chi connectivity index (χ1v) is 7.97. The smallest absolute Gasteiger partial charge is 0.152 e. The van der Waals surface area contributed by atoms with Crippen molar-refractivity contribution in [3.05, 3.63) is 33.9 Å². The van der Waals surface area contributed by atoms with Gasteiger partial charge in [0.2, 0.25) is 0 Å². The highest BCUT2D eigenvalue weighted by Crippen LogP contribution is 2.31. The Balaban J connectivity index is 3.42. The lowest BCUT2D eigenvalue weighted by Gasteiger charge is -2.23. The number of sulfone groups is 1. The highest BCUT2D eigenvalue weighted by molar-refractivity contribution is 7.91. The van der Waals surface area contributed by atoms with E-state index in [0.717, 1.165) is 34.1 Å². The van der Waals surface area contributed by atoms with Gasteiger partial charge in [0, 0.05) is 6.26 Å². The Morgan fingerprint density at radius 2 is 1.44 bits per heavy atom. The molecular weight excluding hydrogens is 248 g/mol. The molecule has 0 aromatic heterocycles. The first-order chi connectivity index (χ1) is 8.07. The number of aliphatic hydroxyl groups excluding tert-OH is 1. The molecule has 18 heavy (non-hydrogen) atoms. The molecule has 0 fully saturated rings. The number of aryl methyl sites for hydroxylation is 2. The number of hydrogen-bond donors (Lipinski definition) is 1. The predicted octanol–water partition coefficient (Wildman–Crippen LogP) is 2.39. The second kappa shape index (κ2) is 5.02. The first kappa shape index (κ1) is 15.2. The van der Waals surface area contributed by atoms with Gasteiger partial charge >= 0.3 is 0 Å². The summed E-state index contributed by atoms with van der Waals surface area (Å²) in [5.41, 5.74) is 4.85. The Bertz CT molecular complexity index is 533. The lowest BCUT2D eigenvalue weighted by atomic mass is 9.90. The maximum Gasteiger partial charge on any atom is 0.152 e. The van der Waals surface area contributed by atoms with E-state index in [1.54, 1.807) is 6.92 Å². The zero-order valence-electron chi connectivity index (χ0n) is 11.9. The van der Waals surface area contributed by atoms with Gasteiger partial charge in [-0.3, -0.25) is 0 Å². The third-order valence-electron chi connectivity index (χ3n) is 3.84. The molecule has 0 radical (unpaired) electrons. The molecule has 1 aromatic rings. The van der Waals surface area contributed by atoms with Crippen LogP contribution < -0.4 is 0 Å². The van der Waals surface area contributed by atoms with Crippen LogP contribution in [0.2, 0.25) is 0 Å². The minimum absolute atomic E-state index is 0.755. The summed E-state index contributed by atoms with van der Waals surface area (Å²) in [6.45, 7) is 9.35. The highest BCUT2D eigenvalue weighted by atomic mass is 32.2. The van der Waals surface area contributed by atoms with Crippen LogP contribution in [0.3, 0.4) is 0 Å². The SMILES string of the molecule is Cc1cc(C)c(C)c(C(O)C(C)S(C)(=O)=O)c1C. The summed E-state index contributed by atoms with van der Waals surface area (Å²) in [4.78, 5) is 0. The zero-order chi connectivity index (χ0) is 14.2. The van der Waals surface area contributed by atoms with Crippen molar-refractivity contribution in [3.8, 4) is 0 Å². The van der Waals surface area contributed by atoms with Gasteiger partial charge in [0.05, 0.1) is 11.4 Å². The van der Waals surface area contributed by atoms with Crippen molar-refractivity contribution in [3.63, 3.8) is 0 Å². The van der Waals surface area contributed by atoms with Crippen LogP contribution in [-0.4, -0.2) is 25.0 Å². The molecule has 0 aliphatic rings. The van der Waals surface area contributed by atoms with E-state index in [9.17, 15) is 13.5 Å². The second-order valence-electron chi connectivity index (χ2n) is 5.15. The summed E-state index contributed by atoms with van der Waals surface area (Å²) in [5.74, 6) is 0. The van der Waals surface area contributed by atoms with E-state index in [4.69, 9.17) is 0 Å². The molecule has 1 rings (SSSR count). The van der Waals surface area contributed by atoms with E-state index in [-0.39, 0.29) is 0 Å². The van der Waals surface area contributed by atoms with Crippen LogP contribution in [0.5, 0.6) is 0 Å². The van der Waals surface area contributed by atoms with Gasteiger partial charge in [-0.1, -0.05) is 6.07 Å². The van der Waals surface area contributed by atoms with E-state index in [1.165, 1.54) is 0 Å². The monoisotopic (exact) mass is 270 g/mol. The lowest BCUT2D eigenvalue weighted by Crippen LogP contribution is -2.26. The normalized spacial score (nSPS) is 15.5. The molecular formula is C14H22O3S. The molecule has 2 unspecified atom stereocenters. The van der Waals surface area contributed by atoms with Crippen LogP contribution in [-0.2, 0) is 9.84 Å². The maximum absolute atomic E-state index is 11.6. The first-order valence-electron chi connectivity index (χ1n) is 6.01. The standard InChI is InChI=1S/C14H22O3S/c1-8-7-9(2)11(4)13(10(8)3)14(15)12(5)18(6,16)17/h7,12,14-15H,1-6H3. The molecule has 1 N–H and O–H groups in total. The molecule has 0 aliphatic carbocycles. The van der Waals surface area contributed by atoms with Crippen molar-refractivity contribution >= 4 is 9.84 Å². The summed E-state index contributed by atoms with van der Waals surface area (Å²) in [5, 5.41) is 9.56. The van der Waals surface area contributed by atoms with Gasteiger partial charge in [0.25, 0.3) is 0 Å². The molecule has 1 aromatic carbocycles. The lowest BCUT2D eigenvalue weighted by molar-refractivity contribution is 0.174. The maximum atomic E-state index is 11.6. The minimum atomic E-state index is -3.26. The molecule has 102 valence electrons. The van der Waals surface area contributed by atoms with E-state index in [2.05, 4.69) is 6.07 Å². The van der Waals surface area contributed by atoms with Crippen LogP contribution in [0.25, 0.3) is 0 Å². The third kappa shape index (κ3) is 2.75. The largest absolute Gasteiger partial charge is 0.387 e. The van der Waals surface area contributed by atoms with Crippen molar-refractivity contribution in [1.29, 1.82) is 0 Å². The Hall–Kier alpha value is -0.870. The highest BCUT2D eigenvalue weighted by Gasteiger charge is 2.28. The van der Waals surface area contributed by atoms with Gasteiger partial charge in [-0.05, 0) is 62.4 Å². The van der Waals surface area contributed by atoms with E-state index < -0.39 is 21.2 Å². The average molecular weight is 270 g/mol. The van der Waals surface area contributed by atoms with Crippen LogP contribution in [0.1, 0.15) is 40.8 Å². The van der Waals surface area contributed by atoms with Gasteiger partial charge in [-0.25, -0.2) is 8.42 Å². The van der Waals surface area contributed by atoms with Crippen molar-refractivity contribution in [2.24, 2.45) is 0 Å². The van der Waals surface area contributed by atoms with Gasteiger partial charge in [-0.15, -0.1) is 0 Å². The summed E-state index contributed by atoms with van der Waals surface area (Å²) in [6.07, 6.45) is 0.187. The van der Waals surface area contributed by atoms with Crippen LogP contribution in [0, 0.1) is 27.7 Å². The topological polar surface area (TPSA) is 54.4 Å². The Kier molecular flexibility index (Phi) is 4.23. The molecule has 2 atom stereocenters. The summed E-state index contributed by atoms with van der Waals surface area (Å²) >= 11 is 0. The molecule has 0 saturated heterocycles. The zero-order valence-corrected chi connectivity index (χ0v) is 12.7. The predicted molar refractivity (Wildman–Crippen MR) is 74.7 cm³/mol. The Labute approximate surface area is 110 Å².